The molecule has 0 atom stereocenters. The summed E-state index contributed by atoms with van der Waals surface area (Å²) >= 11 is 0. The van der Waals surface area contributed by atoms with Gasteiger partial charge in [0, 0.05) is 30.7 Å². The number of rotatable bonds is 7. The largest absolute Gasteiger partial charge is 0.493 e. The normalized spacial score (nSPS) is 10.2. The van der Waals surface area contributed by atoms with Crippen LogP contribution in [0.4, 0.5) is 0 Å². The Hall–Kier alpha value is -3.41. The number of methoxy groups -OCH3 is 1. The van der Waals surface area contributed by atoms with Crippen LogP contribution in [0.1, 0.15) is 11.1 Å². The average molecular weight is 349 g/mol. The van der Waals surface area contributed by atoms with Gasteiger partial charge in [0.15, 0.2) is 11.5 Å². The van der Waals surface area contributed by atoms with Crippen molar-refractivity contribution in [3.8, 4) is 17.4 Å². The minimum Gasteiger partial charge on any atom is -0.493 e. The quantitative estimate of drug-likeness (QED) is 0.709. The lowest BCUT2D eigenvalue weighted by Crippen LogP contribution is -2.24. The minimum absolute atomic E-state index is 0.0925. The maximum absolute atomic E-state index is 12.1. The van der Waals surface area contributed by atoms with Crippen LogP contribution in [-0.2, 0) is 17.8 Å². The monoisotopic (exact) mass is 349 g/mol. The summed E-state index contributed by atoms with van der Waals surface area (Å²) in [5.74, 6) is 1.52. The number of amides is 1. The third-order valence-electron chi connectivity index (χ3n) is 3.69. The molecule has 0 radical (unpaired) electrons. The van der Waals surface area contributed by atoms with Crippen LogP contribution in [0.2, 0.25) is 0 Å². The molecule has 6 heteroatoms. The van der Waals surface area contributed by atoms with E-state index < -0.39 is 0 Å². The lowest BCUT2D eigenvalue weighted by molar-refractivity contribution is -0.120. The number of carbonyl (C=O) groups excluding carboxylic acids is 1. The van der Waals surface area contributed by atoms with E-state index in [-0.39, 0.29) is 12.3 Å². The Morgan fingerprint density at radius 3 is 2.62 bits per heavy atom. The number of benzene rings is 1. The summed E-state index contributed by atoms with van der Waals surface area (Å²) in [4.78, 5) is 20.4. The molecule has 0 spiro atoms. The van der Waals surface area contributed by atoms with Gasteiger partial charge in [0.05, 0.1) is 13.5 Å². The lowest BCUT2D eigenvalue weighted by Gasteiger charge is -2.13. The molecule has 0 saturated carbocycles. The molecule has 6 nitrogen and oxygen atoms in total. The molecule has 0 bridgehead atoms. The van der Waals surface area contributed by atoms with Crippen molar-refractivity contribution in [3.63, 3.8) is 0 Å². The van der Waals surface area contributed by atoms with Gasteiger partial charge in [-0.3, -0.25) is 9.78 Å². The van der Waals surface area contributed by atoms with Crippen molar-refractivity contribution in [3.05, 3.63) is 78.2 Å². The Balaban J connectivity index is 1.66. The molecule has 2 aromatic heterocycles. The van der Waals surface area contributed by atoms with Gasteiger partial charge in [-0.05, 0) is 29.8 Å². The van der Waals surface area contributed by atoms with Gasteiger partial charge in [-0.1, -0.05) is 24.3 Å². The van der Waals surface area contributed by atoms with Crippen LogP contribution < -0.4 is 14.8 Å². The second-order valence-corrected chi connectivity index (χ2v) is 5.54. The molecule has 26 heavy (non-hydrogen) atoms. The van der Waals surface area contributed by atoms with Crippen molar-refractivity contribution < 1.29 is 14.3 Å². The fourth-order valence-corrected chi connectivity index (χ4v) is 2.40. The zero-order chi connectivity index (χ0) is 18.2. The lowest BCUT2D eigenvalue weighted by atomic mass is 10.2. The summed E-state index contributed by atoms with van der Waals surface area (Å²) in [5, 5.41) is 2.88. The third kappa shape index (κ3) is 4.57. The SMILES string of the molecule is COc1ccccc1Oc1ncccc1CNC(=O)Cc1cccnc1. The fraction of sp³-hybridized carbons (Fsp3) is 0.150. The topological polar surface area (TPSA) is 73.3 Å². The molecule has 1 aromatic carbocycles. The van der Waals surface area contributed by atoms with Crippen molar-refractivity contribution in [1.29, 1.82) is 0 Å². The van der Waals surface area contributed by atoms with Gasteiger partial charge in [-0.25, -0.2) is 4.98 Å². The predicted molar refractivity (Wildman–Crippen MR) is 97.1 cm³/mol. The Kier molecular flexibility index (Phi) is 5.77. The highest BCUT2D eigenvalue weighted by molar-refractivity contribution is 5.78. The smallest absolute Gasteiger partial charge is 0.224 e. The van der Waals surface area contributed by atoms with Crippen LogP contribution in [-0.4, -0.2) is 23.0 Å². The maximum atomic E-state index is 12.1. The first-order valence-corrected chi connectivity index (χ1v) is 8.16. The van der Waals surface area contributed by atoms with Gasteiger partial charge < -0.3 is 14.8 Å². The van der Waals surface area contributed by atoms with Crippen LogP contribution in [0.15, 0.2) is 67.1 Å². The molecule has 3 rings (SSSR count). The maximum Gasteiger partial charge on any atom is 0.224 e. The number of aromatic nitrogens is 2. The molecule has 0 aliphatic rings. The molecule has 0 saturated heterocycles. The Morgan fingerprint density at radius 2 is 1.85 bits per heavy atom. The third-order valence-corrected chi connectivity index (χ3v) is 3.69. The van der Waals surface area contributed by atoms with E-state index in [1.807, 2.05) is 36.4 Å². The number of ether oxygens (including phenoxy) is 2. The highest BCUT2D eigenvalue weighted by Crippen LogP contribution is 2.31. The van der Waals surface area contributed by atoms with E-state index in [2.05, 4.69) is 15.3 Å². The van der Waals surface area contributed by atoms with Crippen molar-refractivity contribution >= 4 is 5.91 Å². The van der Waals surface area contributed by atoms with E-state index in [1.165, 1.54) is 0 Å². The fourth-order valence-electron chi connectivity index (χ4n) is 2.40. The molecule has 0 aliphatic carbocycles. The molecular formula is C20H19N3O3. The standard InChI is InChI=1S/C20H19N3O3/c1-25-17-8-2-3-9-18(17)26-20-16(7-5-11-22-20)14-23-19(24)12-15-6-4-10-21-13-15/h2-11,13H,12,14H2,1H3,(H,23,24). The summed E-state index contributed by atoms with van der Waals surface area (Å²) < 4.78 is 11.2. The van der Waals surface area contributed by atoms with Gasteiger partial charge in [-0.2, -0.15) is 0 Å². The Morgan fingerprint density at radius 1 is 1.04 bits per heavy atom. The van der Waals surface area contributed by atoms with Crippen LogP contribution in [0.3, 0.4) is 0 Å². The van der Waals surface area contributed by atoms with E-state index in [0.717, 1.165) is 11.1 Å². The summed E-state index contributed by atoms with van der Waals surface area (Å²) in [6.07, 6.45) is 5.28. The number of nitrogens with zero attached hydrogens (tertiary/aromatic N) is 2. The summed E-state index contributed by atoms with van der Waals surface area (Å²) in [6, 6.07) is 14.7. The van der Waals surface area contributed by atoms with E-state index in [1.54, 1.807) is 37.8 Å². The molecule has 1 amide bonds. The van der Waals surface area contributed by atoms with E-state index in [9.17, 15) is 4.79 Å². The molecule has 0 aliphatic heterocycles. The van der Waals surface area contributed by atoms with Crippen molar-refractivity contribution in [2.75, 3.05) is 7.11 Å². The van der Waals surface area contributed by atoms with Crippen LogP contribution in [0, 0.1) is 0 Å². The van der Waals surface area contributed by atoms with Gasteiger partial charge in [0.1, 0.15) is 0 Å². The van der Waals surface area contributed by atoms with Crippen molar-refractivity contribution in [1.82, 2.24) is 15.3 Å². The highest BCUT2D eigenvalue weighted by Gasteiger charge is 2.11. The van der Waals surface area contributed by atoms with Crippen LogP contribution >= 0.6 is 0 Å². The van der Waals surface area contributed by atoms with Crippen molar-refractivity contribution in [2.24, 2.45) is 0 Å². The van der Waals surface area contributed by atoms with Gasteiger partial charge in [-0.15, -0.1) is 0 Å². The second kappa shape index (κ2) is 8.62. The van der Waals surface area contributed by atoms with E-state index in [4.69, 9.17) is 9.47 Å². The summed E-state index contributed by atoms with van der Waals surface area (Å²) in [7, 11) is 1.58. The summed E-state index contributed by atoms with van der Waals surface area (Å²) in [5.41, 5.74) is 1.64. The molecular weight excluding hydrogens is 330 g/mol. The highest BCUT2D eigenvalue weighted by atomic mass is 16.5. The molecule has 132 valence electrons. The number of carbonyl (C=O) groups is 1. The first-order chi connectivity index (χ1) is 12.8. The number of pyridine rings is 2. The first-order valence-electron chi connectivity index (χ1n) is 8.16. The molecule has 2 heterocycles. The number of hydrogen-bond acceptors (Lipinski definition) is 5. The van der Waals surface area contributed by atoms with Crippen LogP contribution in [0.5, 0.6) is 17.4 Å². The zero-order valence-corrected chi connectivity index (χ0v) is 14.4. The molecule has 3 aromatic rings. The van der Waals surface area contributed by atoms with Crippen LogP contribution in [0.25, 0.3) is 0 Å². The van der Waals surface area contributed by atoms with Crippen molar-refractivity contribution in [2.45, 2.75) is 13.0 Å². The van der Waals surface area contributed by atoms with Gasteiger partial charge >= 0.3 is 0 Å². The number of nitrogens with one attached hydrogen (secondary N) is 1. The van der Waals surface area contributed by atoms with E-state index in [0.29, 0.717) is 23.9 Å². The zero-order valence-electron chi connectivity index (χ0n) is 14.4. The molecule has 0 unspecified atom stereocenters. The molecule has 1 N–H and O–H groups in total. The summed E-state index contributed by atoms with van der Waals surface area (Å²) in [6.45, 7) is 0.317. The van der Waals surface area contributed by atoms with Gasteiger partial charge in [0.2, 0.25) is 11.8 Å². The Bertz CT molecular complexity index is 869. The predicted octanol–water partition coefficient (Wildman–Crippen LogP) is 3.14. The van der Waals surface area contributed by atoms with Gasteiger partial charge in [0.25, 0.3) is 0 Å². The second-order valence-electron chi connectivity index (χ2n) is 5.54. The van der Waals surface area contributed by atoms with E-state index >= 15 is 0 Å². The minimum atomic E-state index is -0.0925. The molecule has 0 fully saturated rings. The average Bonchev–Trinajstić information content (AvgIpc) is 2.68. The Labute approximate surface area is 151 Å². The first kappa shape index (κ1) is 17.4. The number of hydrogen-bond donors (Lipinski definition) is 1. The number of para-hydroxylation sites is 2.